The molecule has 6 heteroatoms. The Bertz CT molecular complexity index is 864. The Morgan fingerprint density at radius 3 is 2.43 bits per heavy atom. The smallest absolute Gasteiger partial charge is 0.344 e. The SMILES string of the molecule is CCC(C)CSc1ccc(C=CC(=O)Nc2ccccc2OC(CC)C(=O)O)cc1. The van der Waals surface area contributed by atoms with Crippen molar-refractivity contribution >= 4 is 35.4 Å². The van der Waals surface area contributed by atoms with Crippen molar-refractivity contribution in [2.75, 3.05) is 11.1 Å². The number of aliphatic carboxylic acids is 1. The van der Waals surface area contributed by atoms with Gasteiger partial charge in [0.15, 0.2) is 6.10 Å². The highest BCUT2D eigenvalue weighted by Gasteiger charge is 2.18. The molecule has 0 bridgehead atoms. The number of para-hydroxylation sites is 2. The summed E-state index contributed by atoms with van der Waals surface area (Å²) < 4.78 is 5.54. The van der Waals surface area contributed by atoms with Gasteiger partial charge in [-0.1, -0.05) is 51.5 Å². The molecule has 0 aliphatic carbocycles. The molecule has 2 atom stereocenters. The molecule has 0 saturated carbocycles. The van der Waals surface area contributed by atoms with E-state index in [1.165, 1.54) is 17.4 Å². The number of benzene rings is 2. The zero-order chi connectivity index (χ0) is 21.9. The van der Waals surface area contributed by atoms with Crippen LogP contribution < -0.4 is 10.1 Å². The highest BCUT2D eigenvalue weighted by atomic mass is 32.2. The zero-order valence-corrected chi connectivity index (χ0v) is 18.4. The summed E-state index contributed by atoms with van der Waals surface area (Å²) in [5, 5.41) is 11.9. The lowest BCUT2D eigenvalue weighted by molar-refractivity contribution is -0.145. The van der Waals surface area contributed by atoms with E-state index in [0.717, 1.165) is 11.3 Å². The third kappa shape index (κ3) is 7.59. The number of hydrogen-bond donors (Lipinski definition) is 2. The van der Waals surface area contributed by atoms with Crippen LogP contribution in [0.2, 0.25) is 0 Å². The maximum Gasteiger partial charge on any atom is 0.344 e. The Kier molecular flexibility index (Phi) is 9.48. The molecule has 2 N–H and O–H groups in total. The fraction of sp³-hybridized carbons (Fsp3) is 0.333. The molecule has 5 nitrogen and oxygen atoms in total. The van der Waals surface area contributed by atoms with E-state index >= 15 is 0 Å². The molecular formula is C24H29NO4S. The van der Waals surface area contributed by atoms with E-state index in [2.05, 4.69) is 31.3 Å². The molecule has 0 spiro atoms. The van der Waals surface area contributed by atoms with E-state index in [4.69, 9.17) is 4.74 Å². The van der Waals surface area contributed by atoms with Crippen LogP contribution in [0.3, 0.4) is 0 Å². The van der Waals surface area contributed by atoms with Gasteiger partial charge in [0.25, 0.3) is 0 Å². The standard InChI is InChI=1S/C24H29NO4S/c1-4-17(3)16-30-19-13-10-18(11-14-19)12-15-23(26)25-20-8-6-7-9-22(20)29-21(5-2)24(27)28/h6-15,17,21H,4-5,16H2,1-3H3,(H,25,26)(H,27,28). The predicted molar refractivity (Wildman–Crippen MR) is 123 cm³/mol. The van der Waals surface area contributed by atoms with Gasteiger partial charge in [0.05, 0.1) is 5.69 Å². The summed E-state index contributed by atoms with van der Waals surface area (Å²) in [4.78, 5) is 24.8. The van der Waals surface area contributed by atoms with Gasteiger partial charge in [-0.2, -0.15) is 0 Å². The summed E-state index contributed by atoms with van der Waals surface area (Å²) in [7, 11) is 0. The minimum absolute atomic E-state index is 0.315. The van der Waals surface area contributed by atoms with Crippen molar-refractivity contribution in [3.63, 3.8) is 0 Å². The van der Waals surface area contributed by atoms with Crippen molar-refractivity contribution in [2.24, 2.45) is 5.92 Å². The highest BCUT2D eigenvalue weighted by Crippen LogP contribution is 2.26. The molecule has 2 aromatic rings. The van der Waals surface area contributed by atoms with Crippen molar-refractivity contribution in [3.8, 4) is 5.75 Å². The van der Waals surface area contributed by atoms with Crippen molar-refractivity contribution in [1.29, 1.82) is 0 Å². The summed E-state index contributed by atoms with van der Waals surface area (Å²) in [6.07, 6.45) is 3.73. The Labute approximate surface area is 182 Å². The molecule has 0 heterocycles. The van der Waals surface area contributed by atoms with Gasteiger partial charge in [0, 0.05) is 16.7 Å². The Morgan fingerprint density at radius 2 is 1.80 bits per heavy atom. The van der Waals surface area contributed by atoms with Crippen LogP contribution in [-0.2, 0) is 9.59 Å². The van der Waals surface area contributed by atoms with Crippen LogP contribution in [0.1, 0.15) is 39.2 Å². The maximum atomic E-state index is 12.3. The van der Waals surface area contributed by atoms with Crippen LogP contribution >= 0.6 is 11.8 Å². The average molecular weight is 428 g/mol. The van der Waals surface area contributed by atoms with Crippen LogP contribution in [-0.4, -0.2) is 28.8 Å². The van der Waals surface area contributed by atoms with Crippen LogP contribution in [0, 0.1) is 5.92 Å². The molecule has 0 radical (unpaired) electrons. The first-order valence-electron chi connectivity index (χ1n) is 10.1. The molecule has 160 valence electrons. The lowest BCUT2D eigenvalue weighted by atomic mass is 10.2. The number of carbonyl (C=O) groups is 2. The van der Waals surface area contributed by atoms with E-state index in [0.29, 0.717) is 23.8 Å². The second-order valence-electron chi connectivity index (χ2n) is 7.07. The summed E-state index contributed by atoms with van der Waals surface area (Å²) in [6.45, 7) is 6.18. The lowest BCUT2D eigenvalue weighted by Crippen LogP contribution is -2.26. The zero-order valence-electron chi connectivity index (χ0n) is 17.6. The minimum Gasteiger partial charge on any atom is -0.479 e. The topological polar surface area (TPSA) is 75.6 Å². The molecule has 1 amide bonds. The molecule has 30 heavy (non-hydrogen) atoms. The maximum absolute atomic E-state index is 12.3. The van der Waals surface area contributed by atoms with Crippen LogP contribution in [0.25, 0.3) is 6.08 Å². The number of thioether (sulfide) groups is 1. The van der Waals surface area contributed by atoms with Gasteiger partial charge in [-0.25, -0.2) is 4.79 Å². The Balaban J connectivity index is 1.97. The molecule has 2 aromatic carbocycles. The van der Waals surface area contributed by atoms with E-state index in [1.807, 2.05) is 23.9 Å². The van der Waals surface area contributed by atoms with Gasteiger partial charge in [0.2, 0.25) is 5.91 Å². The monoisotopic (exact) mass is 427 g/mol. The van der Waals surface area contributed by atoms with Crippen molar-refractivity contribution in [1.82, 2.24) is 0 Å². The summed E-state index contributed by atoms with van der Waals surface area (Å²) in [6, 6.07) is 14.9. The number of carbonyl (C=O) groups excluding carboxylic acids is 1. The van der Waals surface area contributed by atoms with Crippen molar-refractivity contribution in [3.05, 3.63) is 60.2 Å². The first-order chi connectivity index (χ1) is 14.4. The highest BCUT2D eigenvalue weighted by molar-refractivity contribution is 7.99. The van der Waals surface area contributed by atoms with Gasteiger partial charge in [0.1, 0.15) is 5.75 Å². The molecule has 0 aliphatic rings. The molecule has 0 aliphatic heterocycles. The molecule has 2 unspecified atom stereocenters. The number of hydrogen-bond acceptors (Lipinski definition) is 4. The van der Waals surface area contributed by atoms with Crippen molar-refractivity contribution in [2.45, 2.75) is 44.6 Å². The molecule has 0 aromatic heterocycles. The number of amides is 1. The number of carboxylic acid groups (broad SMARTS) is 1. The lowest BCUT2D eigenvalue weighted by Gasteiger charge is -2.16. The van der Waals surface area contributed by atoms with E-state index in [1.54, 1.807) is 37.3 Å². The first kappa shape index (κ1) is 23.5. The van der Waals surface area contributed by atoms with E-state index in [-0.39, 0.29) is 5.91 Å². The predicted octanol–water partition coefficient (Wildman–Crippen LogP) is 5.72. The second kappa shape index (κ2) is 12.1. The average Bonchev–Trinajstić information content (AvgIpc) is 2.75. The van der Waals surface area contributed by atoms with Crippen LogP contribution in [0.15, 0.2) is 59.5 Å². The van der Waals surface area contributed by atoms with Gasteiger partial charge < -0.3 is 15.2 Å². The normalized spacial score (nSPS) is 13.0. The quantitative estimate of drug-likeness (QED) is 0.354. The summed E-state index contributed by atoms with van der Waals surface area (Å²) in [5.74, 6) is 0.759. The van der Waals surface area contributed by atoms with Gasteiger partial charge in [-0.05, 0) is 48.2 Å². The molecular weight excluding hydrogens is 398 g/mol. The molecule has 2 rings (SSSR count). The number of nitrogens with one attached hydrogen (secondary N) is 1. The largest absolute Gasteiger partial charge is 0.479 e. The summed E-state index contributed by atoms with van der Waals surface area (Å²) in [5.41, 5.74) is 1.36. The number of ether oxygens (including phenoxy) is 1. The first-order valence-corrected chi connectivity index (χ1v) is 11.1. The molecule has 0 fully saturated rings. The number of anilines is 1. The van der Waals surface area contributed by atoms with Gasteiger partial charge >= 0.3 is 5.97 Å². The Morgan fingerprint density at radius 1 is 1.10 bits per heavy atom. The fourth-order valence-electron chi connectivity index (χ4n) is 2.51. The van der Waals surface area contributed by atoms with Gasteiger partial charge in [-0.15, -0.1) is 11.8 Å². The number of rotatable bonds is 11. The fourth-order valence-corrected chi connectivity index (χ4v) is 3.55. The summed E-state index contributed by atoms with van der Waals surface area (Å²) >= 11 is 1.84. The molecule has 0 saturated heterocycles. The van der Waals surface area contributed by atoms with Crippen molar-refractivity contribution < 1.29 is 19.4 Å². The number of carboxylic acids is 1. The van der Waals surface area contributed by atoms with E-state index in [9.17, 15) is 14.7 Å². The Hall–Kier alpha value is -2.73. The van der Waals surface area contributed by atoms with E-state index < -0.39 is 12.1 Å². The third-order valence-electron chi connectivity index (χ3n) is 4.60. The third-order valence-corrected chi connectivity index (χ3v) is 5.94. The van der Waals surface area contributed by atoms with Crippen LogP contribution in [0.5, 0.6) is 5.75 Å². The van der Waals surface area contributed by atoms with Crippen LogP contribution in [0.4, 0.5) is 5.69 Å². The second-order valence-corrected chi connectivity index (χ2v) is 8.16. The minimum atomic E-state index is -1.04. The van der Waals surface area contributed by atoms with Gasteiger partial charge in [-0.3, -0.25) is 4.79 Å².